The third-order valence-electron chi connectivity index (χ3n) is 5.00. The van der Waals surface area contributed by atoms with Crippen molar-refractivity contribution in [1.82, 2.24) is 8.87 Å². The van der Waals surface area contributed by atoms with Gasteiger partial charge in [0, 0.05) is 42.8 Å². The summed E-state index contributed by atoms with van der Waals surface area (Å²) in [5, 5.41) is 10.1. The summed E-state index contributed by atoms with van der Waals surface area (Å²) in [4.78, 5) is 0.163. The average molecular weight is 463 g/mol. The van der Waals surface area contributed by atoms with Crippen LogP contribution in [0.1, 0.15) is 11.3 Å². The zero-order valence-corrected chi connectivity index (χ0v) is 19.1. The Bertz CT molecular complexity index is 1290. The smallest absolute Gasteiger partial charge is 0.242 e. The van der Waals surface area contributed by atoms with Crippen molar-refractivity contribution < 1.29 is 12.8 Å². The van der Waals surface area contributed by atoms with Crippen molar-refractivity contribution in [3.63, 3.8) is 0 Å². The van der Waals surface area contributed by atoms with Crippen molar-refractivity contribution >= 4 is 33.3 Å². The summed E-state index contributed by atoms with van der Waals surface area (Å²) < 4.78 is 42.4. The Morgan fingerprint density at radius 1 is 1.26 bits per heavy atom. The van der Waals surface area contributed by atoms with Gasteiger partial charge in [0.2, 0.25) is 10.0 Å². The van der Waals surface area contributed by atoms with Gasteiger partial charge in [0.1, 0.15) is 5.83 Å². The molecular formula is C22H24ClFN4O2S. The number of sulfonamides is 1. The van der Waals surface area contributed by atoms with Crippen LogP contribution in [0.3, 0.4) is 0 Å². The molecule has 0 radical (unpaired) electrons. The van der Waals surface area contributed by atoms with E-state index in [0.717, 1.165) is 26.5 Å². The van der Waals surface area contributed by atoms with E-state index in [-0.39, 0.29) is 36.2 Å². The predicted molar refractivity (Wildman–Crippen MR) is 123 cm³/mol. The number of allylic oxidation sites excluding steroid dienone is 1. The Hall–Kier alpha value is -2.70. The largest absolute Gasteiger partial charge is 0.337 e. The molecule has 0 saturated heterocycles. The normalized spacial score (nSPS) is 12.1. The van der Waals surface area contributed by atoms with Gasteiger partial charge in [-0.15, -0.1) is 12.4 Å². The minimum atomic E-state index is -3.61. The lowest BCUT2D eigenvalue weighted by molar-refractivity contribution is 0.521. The van der Waals surface area contributed by atoms with Crippen molar-refractivity contribution in [2.45, 2.75) is 18.4 Å². The number of nitrogens with zero attached hydrogens (tertiary/aromatic N) is 3. The maximum atomic E-state index is 14.3. The molecule has 0 aliphatic carbocycles. The summed E-state index contributed by atoms with van der Waals surface area (Å²) in [6.45, 7) is 1.95. The number of benzene rings is 2. The van der Waals surface area contributed by atoms with Crippen molar-refractivity contribution in [2.75, 3.05) is 20.6 Å². The molecule has 2 aromatic carbocycles. The molecule has 0 aliphatic rings. The number of rotatable bonds is 6. The number of hydrogen-bond donors (Lipinski definition) is 1. The van der Waals surface area contributed by atoms with E-state index in [4.69, 9.17) is 5.73 Å². The van der Waals surface area contributed by atoms with Crippen LogP contribution >= 0.6 is 12.4 Å². The SMILES string of the molecule is Cc1c(-c2cccc(S(=O)(=O)N(C)C)c2)c2cc(C#N)ccc2n1CC(F)=CCN.Cl. The molecule has 0 unspecified atom stereocenters. The molecule has 164 valence electrons. The molecule has 9 heteroatoms. The lowest BCUT2D eigenvalue weighted by Crippen LogP contribution is -2.22. The third-order valence-corrected chi connectivity index (χ3v) is 6.81. The van der Waals surface area contributed by atoms with Crippen molar-refractivity contribution in [3.05, 3.63) is 65.6 Å². The van der Waals surface area contributed by atoms with Crippen molar-refractivity contribution in [2.24, 2.45) is 5.73 Å². The lowest BCUT2D eigenvalue weighted by atomic mass is 10.0. The first-order valence-corrected chi connectivity index (χ1v) is 10.7. The highest BCUT2D eigenvalue weighted by molar-refractivity contribution is 7.89. The van der Waals surface area contributed by atoms with Gasteiger partial charge in [0.15, 0.2) is 0 Å². The number of nitriles is 1. The second kappa shape index (κ2) is 9.62. The monoisotopic (exact) mass is 462 g/mol. The molecule has 3 aromatic rings. The summed E-state index contributed by atoms with van der Waals surface area (Å²) in [7, 11) is -0.661. The fourth-order valence-corrected chi connectivity index (χ4v) is 4.43. The number of nitrogens with two attached hydrogens (primary N) is 1. The maximum absolute atomic E-state index is 14.3. The van der Waals surface area contributed by atoms with Crippen LogP contribution < -0.4 is 5.73 Å². The first-order valence-electron chi connectivity index (χ1n) is 9.31. The van der Waals surface area contributed by atoms with Crippen LogP contribution in [0.25, 0.3) is 22.0 Å². The Balaban J connectivity index is 0.00000341. The number of hydrogen-bond acceptors (Lipinski definition) is 4. The first kappa shape index (κ1) is 24.6. The Morgan fingerprint density at radius 3 is 2.58 bits per heavy atom. The van der Waals surface area contributed by atoms with E-state index in [2.05, 4.69) is 6.07 Å². The molecule has 6 nitrogen and oxygen atoms in total. The average Bonchev–Trinajstić information content (AvgIpc) is 2.98. The summed E-state index contributed by atoms with van der Waals surface area (Å²) >= 11 is 0. The minimum absolute atomic E-state index is 0. The summed E-state index contributed by atoms with van der Waals surface area (Å²) in [6.07, 6.45) is 1.32. The molecule has 2 N–H and O–H groups in total. The molecule has 0 saturated carbocycles. The summed E-state index contributed by atoms with van der Waals surface area (Å²) in [5.74, 6) is -0.364. The molecule has 0 amide bonds. The molecule has 1 aromatic heterocycles. The highest BCUT2D eigenvalue weighted by Gasteiger charge is 2.21. The number of aromatic nitrogens is 1. The van der Waals surface area contributed by atoms with Crippen molar-refractivity contribution in [1.29, 1.82) is 5.26 Å². The highest BCUT2D eigenvalue weighted by Crippen LogP contribution is 2.36. The second-order valence-electron chi connectivity index (χ2n) is 7.09. The van der Waals surface area contributed by atoms with Gasteiger partial charge in [0.05, 0.1) is 23.1 Å². The summed E-state index contributed by atoms with van der Waals surface area (Å²) in [6, 6.07) is 14.0. The third kappa shape index (κ3) is 4.65. The van der Waals surface area contributed by atoms with Gasteiger partial charge in [-0.3, -0.25) is 0 Å². The van der Waals surface area contributed by atoms with E-state index in [1.165, 1.54) is 26.2 Å². The Labute approximate surface area is 187 Å². The standard InChI is InChI=1S/C22H23FN4O2S.ClH/c1-15-22(17-5-4-6-19(12-17)30(28,29)26(2)3)20-11-16(13-25)7-8-21(20)27(15)14-18(23)9-10-24;/h4-9,11-12H,10,14,24H2,1-3H3;1H. The van der Waals surface area contributed by atoms with Gasteiger partial charge in [-0.1, -0.05) is 12.1 Å². The topological polar surface area (TPSA) is 92.1 Å². The van der Waals surface area contributed by atoms with Crippen LogP contribution in [-0.4, -0.2) is 37.9 Å². The maximum Gasteiger partial charge on any atom is 0.242 e. The second-order valence-corrected chi connectivity index (χ2v) is 9.24. The number of halogens is 2. The van der Waals surface area contributed by atoms with Crippen LogP contribution in [-0.2, 0) is 16.6 Å². The summed E-state index contributed by atoms with van der Waals surface area (Å²) in [5.41, 5.74) is 8.85. The molecule has 0 spiro atoms. The van der Waals surface area contributed by atoms with E-state index < -0.39 is 10.0 Å². The van der Waals surface area contributed by atoms with Crippen LogP contribution in [0.2, 0.25) is 0 Å². The van der Waals surface area contributed by atoms with Gasteiger partial charge >= 0.3 is 0 Å². The molecule has 0 aliphatic heterocycles. The van der Waals surface area contributed by atoms with Gasteiger partial charge in [-0.25, -0.2) is 17.1 Å². The Morgan fingerprint density at radius 2 is 1.97 bits per heavy atom. The fourth-order valence-electron chi connectivity index (χ4n) is 3.49. The molecule has 0 bridgehead atoms. The van der Waals surface area contributed by atoms with E-state index >= 15 is 0 Å². The van der Waals surface area contributed by atoms with Gasteiger partial charge in [-0.05, 0) is 48.9 Å². The zero-order chi connectivity index (χ0) is 22.1. The van der Waals surface area contributed by atoms with Gasteiger partial charge in [0.25, 0.3) is 0 Å². The quantitative estimate of drug-likeness (QED) is 0.599. The minimum Gasteiger partial charge on any atom is -0.337 e. The molecule has 3 rings (SSSR count). The lowest BCUT2D eigenvalue weighted by Gasteiger charge is -2.13. The first-order chi connectivity index (χ1) is 14.2. The molecule has 0 fully saturated rings. The van der Waals surface area contributed by atoms with Gasteiger partial charge < -0.3 is 10.3 Å². The Kier molecular flexibility index (Phi) is 7.63. The fraction of sp³-hybridized carbons (Fsp3) is 0.227. The predicted octanol–water partition coefficient (Wildman–Crippen LogP) is 3.97. The molecular weight excluding hydrogens is 439 g/mol. The van der Waals surface area contributed by atoms with E-state index in [1.54, 1.807) is 34.9 Å². The van der Waals surface area contributed by atoms with E-state index in [1.807, 2.05) is 13.0 Å². The molecule has 0 atom stereocenters. The van der Waals surface area contributed by atoms with Crippen LogP contribution in [0.4, 0.5) is 4.39 Å². The van der Waals surface area contributed by atoms with Crippen LogP contribution in [0.15, 0.2) is 59.3 Å². The zero-order valence-electron chi connectivity index (χ0n) is 17.5. The van der Waals surface area contributed by atoms with Crippen LogP contribution in [0, 0.1) is 18.3 Å². The molecule has 1 heterocycles. The molecule has 31 heavy (non-hydrogen) atoms. The van der Waals surface area contributed by atoms with E-state index in [0.29, 0.717) is 11.1 Å². The van der Waals surface area contributed by atoms with Crippen molar-refractivity contribution in [3.8, 4) is 17.2 Å². The van der Waals surface area contributed by atoms with E-state index in [9.17, 15) is 18.1 Å². The van der Waals surface area contributed by atoms with Crippen LogP contribution in [0.5, 0.6) is 0 Å². The number of fused-ring (bicyclic) bond motifs is 1. The van der Waals surface area contributed by atoms with Gasteiger partial charge in [-0.2, -0.15) is 5.26 Å². The highest BCUT2D eigenvalue weighted by atomic mass is 35.5.